The molecular formula is C35H30N2S. The maximum Gasteiger partial charge on any atom is 0.147 e. The van der Waals surface area contributed by atoms with Gasteiger partial charge >= 0.3 is 0 Å². The fourth-order valence-electron chi connectivity index (χ4n) is 5.93. The van der Waals surface area contributed by atoms with Crippen molar-refractivity contribution in [3.8, 4) is 17.1 Å². The third kappa shape index (κ3) is 3.42. The monoisotopic (exact) mass is 510 g/mol. The molecule has 186 valence electrons. The minimum atomic E-state index is 0.379. The van der Waals surface area contributed by atoms with Gasteiger partial charge in [-0.1, -0.05) is 107 Å². The van der Waals surface area contributed by atoms with Gasteiger partial charge in [0, 0.05) is 31.1 Å². The predicted octanol–water partition coefficient (Wildman–Crippen LogP) is 10.5. The number of benzene rings is 5. The summed E-state index contributed by atoms with van der Waals surface area (Å²) >= 11 is 1.87. The highest BCUT2D eigenvalue weighted by Crippen LogP contribution is 2.43. The van der Waals surface area contributed by atoms with Crippen molar-refractivity contribution in [2.45, 2.75) is 39.5 Å². The summed E-state index contributed by atoms with van der Waals surface area (Å²) < 4.78 is 5.10. The lowest BCUT2D eigenvalue weighted by Crippen LogP contribution is -2.08. The zero-order valence-electron chi connectivity index (χ0n) is 22.2. The summed E-state index contributed by atoms with van der Waals surface area (Å²) in [6.45, 7) is 9.19. The van der Waals surface area contributed by atoms with E-state index in [1.165, 1.54) is 58.8 Å². The molecule has 0 aliphatic heterocycles. The van der Waals surface area contributed by atoms with Crippen molar-refractivity contribution in [3.05, 3.63) is 108 Å². The third-order valence-corrected chi connectivity index (χ3v) is 8.97. The molecule has 7 rings (SSSR count). The van der Waals surface area contributed by atoms with Crippen LogP contribution in [0.25, 0.3) is 59.1 Å². The molecule has 2 aromatic heterocycles. The minimum Gasteiger partial charge on any atom is -0.291 e. The van der Waals surface area contributed by atoms with E-state index in [0.717, 1.165) is 11.3 Å². The van der Waals surface area contributed by atoms with Crippen LogP contribution in [0.5, 0.6) is 0 Å². The van der Waals surface area contributed by atoms with Gasteiger partial charge in [0.15, 0.2) is 0 Å². The lowest BCUT2D eigenvalue weighted by molar-refractivity contribution is 0.811. The Hall–Kier alpha value is -3.95. The molecule has 0 saturated heterocycles. The van der Waals surface area contributed by atoms with E-state index in [-0.39, 0.29) is 0 Å². The molecule has 0 spiro atoms. The Balaban J connectivity index is 1.70. The van der Waals surface area contributed by atoms with Crippen molar-refractivity contribution in [1.29, 1.82) is 0 Å². The molecule has 0 N–H and O–H groups in total. The molecule has 0 unspecified atom stereocenters. The fraction of sp³-hybridized carbons (Fsp3) is 0.171. The molecule has 0 aliphatic rings. The van der Waals surface area contributed by atoms with Crippen molar-refractivity contribution in [2.75, 3.05) is 0 Å². The Morgan fingerprint density at radius 1 is 0.632 bits per heavy atom. The zero-order chi connectivity index (χ0) is 26.0. The zero-order valence-corrected chi connectivity index (χ0v) is 23.0. The number of imidazole rings is 1. The number of hydrogen-bond acceptors (Lipinski definition) is 2. The Labute approximate surface area is 227 Å². The fourth-order valence-corrected chi connectivity index (χ4v) is 7.14. The number of nitrogens with zero attached hydrogens (tertiary/aromatic N) is 2. The van der Waals surface area contributed by atoms with Gasteiger partial charge in [0.2, 0.25) is 0 Å². The predicted molar refractivity (Wildman–Crippen MR) is 165 cm³/mol. The average molecular weight is 511 g/mol. The van der Waals surface area contributed by atoms with Gasteiger partial charge in [-0.05, 0) is 46.5 Å². The molecule has 5 aromatic carbocycles. The third-order valence-electron chi connectivity index (χ3n) is 7.75. The normalized spacial score (nSPS) is 12.2. The second kappa shape index (κ2) is 8.82. The summed E-state index contributed by atoms with van der Waals surface area (Å²) in [6.07, 6.45) is 0. The summed E-state index contributed by atoms with van der Waals surface area (Å²) in [7, 11) is 0. The molecule has 0 fully saturated rings. The van der Waals surface area contributed by atoms with E-state index in [9.17, 15) is 0 Å². The number of hydrogen-bond donors (Lipinski definition) is 0. The van der Waals surface area contributed by atoms with Crippen LogP contribution in [-0.2, 0) is 0 Å². The quantitative estimate of drug-likeness (QED) is 0.230. The molecule has 7 aromatic rings. The average Bonchev–Trinajstić information content (AvgIpc) is 3.51. The van der Waals surface area contributed by atoms with Crippen LogP contribution in [0.2, 0.25) is 0 Å². The van der Waals surface area contributed by atoms with Gasteiger partial charge in [0.05, 0.1) is 16.7 Å². The first-order valence-electron chi connectivity index (χ1n) is 13.5. The van der Waals surface area contributed by atoms with Crippen LogP contribution in [0.4, 0.5) is 0 Å². The summed E-state index contributed by atoms with van der Waals surface area (Å²) in [6, 6.07) is 35.3. The first kappa shape index (κ1) is 23.2. The molecule has 38 heavy (non-hydrogen) atoms. The van der Waals surface area contributed by atoms with E-state index in [4.69, 9.17) is 4.98 Å². The van der Waals surface area contributed by atoms with Gasteiger partial charge in [-0.2, -0.15) is 0 Å². The number of fused-ring (bicyclic) bond motifs is 6. The van der Waals surface area contributed by atoms with Crippen LogP contribution < -0.4 is 0 Å². The Bertz CT molecular complexity index is 1960. The molecule has 0 saturated carbocycles. The van der Waals surface area contributed by atoms with Crippen molar-refractivity contribution < 1.29 is 0 Å². The Morgan fingerprint density at radius 3 is 2.05 bits per heavy atom. The van der Waals surface area contributed by atoms with Crippen LogP contribution in [0, 0.1) is 0 Å². The van der Waals surface area contributed by atoms with Crippen molar-refractivity contribution in [2.24, 2.45) is 0 Å². The second-order valence-electron chi connectivity index (χ2n) is 10.8. The molecule has 0 atom stereocenters. The number of aromatic nitrogens is 2. The standard InChI is InChI=1S/C35H30N2S/c1-21(2)24-14-9-15-25(22(3)4)32(24)37-33-26-12-6-5-11-23(26)19-20-30(33)36-35(37)29-17-10-16-28-27-13-7-8-18-31(27)38-34(28)29/h5-22H,1-4H3. The van der Waals surface area contributed by atoms with Crippen molar-refractivity contribution in [3.63, 3.8) is 0 Å². The molecule has 0 amide bonds. The summed E-state index contributed by atoms with van der Waals surface area (Å²) in [5, 5.41) is 5.09. The maximum absolute atomic E-state index is 5.40. The van der Waals surface area contributed by atoms with Gasteiger partial charge in [0.1, 0.15) is 5.82 Å². The Kier molecular flexibility index (Phi) is 5.38. The lowest BCUT2D eigenvalue weighted by atomic mass is 9.92. The molecule has 0 radical (unpaired) electrons. The molecule has 0 bridgehead atoms. The van der Waals surface area contributed by atoms with Gasteiger partial charge in [-0.25, -0.2) is 4.98 Å². The van der Waals surface area contributed by atoms with Gasteiger partial charge < -0.3 is 0 Å². The largest absolute Gasteiger partial charge is 0.291 e. The molecule has 3 heteroatoms. The number of para-hydroxylation sites is 1. The van der Waals surface area contributed by atoms with Crippen LogP contribution in [0.15, 0.2) is 97.1 Å². The van der Waals surface area contributed by atoms with Gasteiger partial charge in [0.25, 0.3) is 0 Å². The first-order chi connectivity index (χ1) is 18.5. The van der Waals surface area contributed by atoms with E-state index in [1.807, 2.05) is 11.3 Å². The topological polar surface area (TPSA) is 17.8 Å². The Morgan fingerprint density at radius 2 is 1.29 bits per heavy atom. The highest BCUT2D eigenvalue weighted by molar-refractivity contribution is 7.26. The van der Waals surface area contributed by atoms with Crippen LogP contribution in [0.1, 0.15) is 50.7 Å². The highest BCUT2D eigenvalue weighted by atomic mass is 32.1. The van der Waals surface area contributed by atoms with E-state index in [0.29, 0.717) is 11.8 Å². The first-order valence-corrected chi connectivity index (χ1v) is 14.3. The van der Waals surface area contributed by atoms with Crippen LogP contribution in [0.3, 0.4) is 0 Å². The summed E-state index contributed by atoms with van der Waals surface area (Å²) in [5.74, 6) is 1.77. The summed E-state index contributed by atoms with van der Waals surface area (Å²) in [4.78, 5) is 5.40. The van der Waals surface area contributed by atoms with Gasteiger partial charge in [-0.3, -0.25) is 4.57 Å². The smallest absolute Gasteiger partial charge is 0.147 e. The lowest BCUT2D eigenvalue weighted by Gasteiger charge is -2.23. The number of rotatable bonds is 4. The van der Waals surface area contributed by atoms with Crippen molar-refractivity contribution in [1.82, 2.24) is 9.55 Å². The highest BCUT2D eigenvalue weighted by Gasteiger charge is 2.24. The van der Waals surface area contributed by atoms with Crippen LogP contribution in [-0.4, -0.2) is 9.55 Å². The van der Waals surface area contributed by atoms with E-state index in [2.05, 4.69) is 129 Å². The minimum absolute atomic E-state index is 0.379. The van der Waals surface area contributed by atoms with E-state index < -0.39 is 0 Å². The molecule has 0 aliphatic carbocycles. The summed E-state index contributed by atoms with van der Waals surface area (Å²) in [5.41, 5.74) is 7.40. The SMILES string of the molecule is CC(C)c1cccc(C(C)C)c1-n1c(-c2cccc3c2sc2ccccc23)nc2ccc3ccccc3c21. The van der Waals surface area contributed by atoms with E-state index in [1.54, 1.807) is 0 Å². The molecule has 2 heterocycles. The van der Waals surface area contributed by atoms with Gasteiger partial charge in [-0.15, -0.1) is 11.3 Å². The second-order valence-corrected chi connectivity index (χ2v) is 11.9. The van der Waals surface area contributed by atoms with Crippen LogP contribution >= 0.6 is 11.3 Å². The maximum atomic E-state index is 5.40. The molecular weight excluding hydrogens is 480 g/mol. The molecule has 2 nitrogen and oxygen atoms in total. The number of thiophene rings is 1. The van der Waals surface area contributed by atoms with Crippen molar-refractivity contribution >= 4 is 53.3 Å². The van der Waals surface area contributed by atoms with E-state index >= 15 is 0 Å².